The molecule has 1 rings (SSSR count). The third-order valence-corrected chi connectivity index (χ3v) is 4.08. The molecule has 95 valence electrons. The molecule has 0 saturated heterocycles. The van der Waals surface area contributed by atoms with E-state index in [1.807, 2.05) is 0 Å². The number of carbonyl (C=O) groups is 1. The van der Waals surface area contributed by atoms with Crippen molar-refractivity contribution in [3.63, 3.8) is 0 Å². The fourth-order valence-electron chi connectivity index (χ4n) is 1.39. The van der Waals surface area contributed by atoms with Crippen LogP contribution in [0.4, 0.5) is 0 Å². The zero-order chi connectivity index (χ0) is 12.8. The van der Waals surface area contributed by atoms with Crippen LogP contribution in [-0.2, 0) is 0 Å². The Kier molecular flexibility index (Phi) is 8.36. The third-order valence-electron chi connectivity index (χ3n) is 2.64. The van der Waals surface area contributed by atoms with Gasteiger partial charge in [0.15, 0.2) is 5.52 Å². The van der Waals surface area contributed by atoms with Crippen LogP contribution in [0.5, 0.6) is 11.5 Å². The number of benzene rings is 1. The van der Waals surface area contributed by atoms with Gasteiger partial charge in [-0.25, -0.2) is 0 Å². The number of rotatable bonds is 6. The second kappa shape index (κ2) is 8.59. The average Bonchev–Trinajstić information content (AvgIpc) is 2.37. The van der Waals surface area contributed by atoms with Gasteiger partial charge in [0, 0.05) is 24.9 Å². The van der Waals surface area contributed by atoms with E-state index >= 15 is 0 Å². The molecule has 1 radical (unpaired) electrons. The summed E-state index contributed by atoms with van der Waals surface area (Å²) >= 11 is 0. The maximum atomic E-state index is 12.1. The van der Waals surface area contributed by atoms with Gasteiger partial charge in [-0.2, -0.15) is 0 Å². The van der Waals surface area contributed by atoms with Crippen molar-refractivity contribution < 1.29 is 14.3 Å². The van der Waals surface area contributed by atoms with E-state index in [1.54, 1.807) is 32.4 Å². The summed E-state index contributed by atoms with van der Waals surface area (Å²) in [6, 6.07) is 5.31. The molecule has 0 aromatic heterocycles. The van der Waals surface area contributed by atoms with E-state index in [2.05, 4.69) is 13.8 Å². The molecule has 1 aromatic carbocycles. The van der Waals surface area contributed by atoms with Gasteiger partial charge < -0.3 is 9.47 Å². The van der Waals surface area contributed by atoms with Crippen molar-refractivity contribution in [1.29, 1.82) is 0 Å². The maximum Gasteiger partial charge on any atom is 0.185 e. The summed E-state index contributed by atoms with van der Waals surface area (Å²) in [6.07, 6.45) is 1.02. The van der Waals surface area contributed by atoms with Gasteiger partial charge in [-0.1, -0.05) is 13.8 Å². The van der Waals surface area contributed by atoms with E-state index in [0.29, 0.717) is 31.3 Å². The van der Waals surface area contributed by atoms with Crippen molar-refractivity contribution in [2.75, 3.05) is 14.2 Å². The Morgan fingerprint density at radius 3 is 2.50 bits per heavy atom. The molecule has 0 amide bonds. The first kappa shape index (κ1) is 17.5. The molecule has 0 saturated carbocycles. The molecule has 0 fully saturated rings. The summed E-state index contributed by atoms with van der Waals surface area (Å²) < 4.78 is 10.3. The van der Waals surface area contributed by atoms with E-state index in [9.17, 15) is 4.79 Å². The molecule has 1 aromatic rings. The molecule has 5 heteroatoms. The molecule has 0 aliphatic rings. The van der Waals surface area contributed by atoms with Gasteiger partial charge in [0.1, 0.15) is 11.5 Å². The van der Waals surface area contributed by atoms with E-state index < -0.39 is 0 Å². The van der Waals surface area contributed by atoms with Crippen LogP contribution in [0.15, 0.2) is 18.2 Å². The number of methoxy groups -OCH3 is 2. The van der Waals surface area contributed by atoms with E-state index in [0.717, 1.165) is 6.42 Å². The van der Waals surface area contributed by atoms with Crippen molar-refractivity contribution in [3.05, 3.63) is 23.8 Å². The fraction of sp³-hybridized carbons (Fsp3) is 0.462. The molecular weight excluding hydrogens is 242 g/mol. The van der Waals surface area contributed by atoms with Crippen molar-refractivity contribution in [2.24, 2.45) is 0 Å². The topological polar surface area (TPSA) is 35.5 Å². The van der Waals surface area contributed by atoms with Gasteiger partial charge in [0.25, 0.3) is 0 Å². The summed E-state index contributed by atoms with van der Waals surface area (Å²) in [4.78, 5) is 12.1. The first-order valence-electron chi connectivity index (χ1n) is 5.65. The van der Waals surface area contributed by atoms with Crippen LogP contribution in [0.3, 0.4) is 0 Å². The van der Waals surface area contributed by atoms with E-state index in [4.69, 9.17) is 9.47 Å². The van der Waals surface area contributed by atoms with Gasteiger partial charge in [0.05, 0.1) is 19.8 Å². The van der Waals surface area contributed by atoms with E-state index in [-0.39, 0.29) is 24.4 Å². The van der Waals surface area contributed by atoms with Crippen LogP contribution >= 0.6 is 8.58 Å². The number of hydrogen-bond acceptors (Lipinski definition) is 3. The van der Waals surface area contributed by atoms with Crippen LogP contribution in [0, 0.1) is 0 Å². The maximum absolute atomic E-state index is 12.1. The number of hydrogen-bond donors (Lipinski definition) is 0. The molecule has 0 aliphatic heterocycles. The third kappa shape index (κ3) is 4.65. The minimum absolute atomic E-state index is 0. The molecule has 0 bridgehead atoms. The Labute approximate surface area is 123 Å². The molecule has 18 heavy (non-hydrogen) atoms. The van der Waals surface area contributed by atoms with Crippen LogP contribution in [0.2, 0.25) is 0 Å². The molecule has 0 spiro atoms. The Hall–Kier alpha value is -0.483. The zero-order valence-corrected chi connectivity index (χ0v) is 12.7. The van der Waals surface area contributed by atoms with Crippen molar-refractivity contribution >= 4 is 33.0 Å². The quantitative estimate of drug-likeness (QED) is 0.583. The predicted octanol–water partition coefficient (Wildman–Crippen LogP) is 2.94. The number of ether oxygens (including phenoxy) is 2. The van der Waals surface area contributed by atoms with Crippen LogP contribution < -0.4 is 9.47 Å². The first-order chi connectivity index (χ1) is 8.12. The second-order valence-electron chi connectivity index (χ2n) is 3.85. The van der Waals surface area contributed by atoms with Gasteiger partial charge in [-0.3, -0.25) is 4.79 Å². The van der Waals surface area contributed by atoms with Crippen LogP contribution in [-0.4, -0.2) is 44.3 Å². The van der Waals surface area contributed by atoms with Crippen molar-refractivity contribution in [2.45, 2.75) is 25.9 Å². The predicted molar refractivity (Wildman–Crippen MR) is 77.7 cm³/mol. The SMILES string of the molecule is CCC(C)PC(=O)c1ccc(OC)cc1OC.[Li]. The zero-order valence-electron chi connectivity index (χ0n) is 11.7. The van der Waals surface area contributed by atoms with Crippen molar-refractivity contribution in [1.82, 2.24) is 0 Å². The Morgan fingerprint density at radius 1 is 1.33 bits per heavy atom. The summed E-state index contributed by atoms with van der Waals surface area (Å²) in [5.41, 5.74) is 1.22. The fourth-order valence-corrected chi connectivity index (χ4v) is 2.40. The van der Waals surface area contributed by atoms with Gasteiger partial charge in [-0.05, 0) is 32.8 Å². The van der Waals surface area contributed by atoms with Gasteiger partial charge in [-0.15, -0.1) is 0 Å². The number of carbonyl (C=O) groups excluding carboxylic acids is 1. The molecule has 0 N–H and O–H groups in total. The van der Waals surface area contributed by atoms with Crippen LogP contribution in [0.25, 0.3) is 0 Å². The molecule has 0 aliphatic carbocycles. The smallest absolute Gasteiger partial charge is 0.185 e. The molecular formula is C13H19LiO3P. The molecule has 3 nitrogen and oxygen atoms in total. The Balaban J connectivity index is 0.00000289. The van der Waals surface area contributed by atoms with Crippen LogP contribution in [0.1, 0.15) is 30.6 Å². The first-order valence-corrected chi connectivity index (χ1v) is 6.73. The largest absolute Gasteiger partial charge is 0.497 e. The molecule has 2 atom stereocenters. The standard InChI is InChI=1S/C13H19O3P.Li/c1-5-9(2)17-13(14)11-7-6-10(15-3)8-12(11)16-4;/h6-9,17H,5H2,1-4H3;. The molecule has 0 heterocycles. The van der Waals surface area contributed by atoms with Gasteiger partial charge in [0.2, 0.25) is 0 Å². The average molecular weight is 261 g/mol. The second-order valence-corrected chi connectivity index (χ2v) is 5.58. The summed E-state index contributed by atoms with van der Waals surface area (Å²) in [6.45, 7) is 4.18. The summed E-state index contributed by atoms with van der Waals surface area (Å²) in [5.74, 6) is 1.29. The minimum atomic E-state index is 0. The van der Waals surface area contributed by atoms with E-state index in [1.165, 1.54) is 0 Å². The summed E-state index contributed by atoms with van der Waals surface area (Å²) in [5, 5.41) is 0. The van der Waals surface area contributed by atoms with Crippen molar-refractivity contribution in [3.8, 4) is 11.5 Å². The Morgan fingerprint density at radius 2 is 2.00 bits per heavy atom. The normalized spacial score (nSPS) is 12.0. The monoisotopic (exact) mass is 261 g/mol. The van der Waals surface area contributed by atoms with Gasteiger partial charge >= 0.3 is 0 Å². The minimum Gasteiger partial charge on any atom is -0.497 e. The summed E-state index contributed by atoms with van der Waals surface area (Å²) in [7, 11) is 3.46. The molecule has 2 unspecified atom stereocenters. The Bertz CT molecular complexity index is 396.